The average molecular weight is 349 g/mol. The molecule has 5 heteroatoms. The minimum Gasteiger partial charge on any atom is -0.446 e. The Balaban J connectivity index is 1.57. The maximum atomic E-state index is 12.6. The van der Waals surface area contributed by atoms with Crippen molar-refractivity contribution >= 4 is 39.5 Å². The van der Waals surface area contributed by atoms with Gasteiger partial charge in [0.25, 0.3) is 5.91 Å². The number of benzene rings is 2. The molecular weight excluding hydrogens is 334 g/mol. The summed E-state index contributed by atoms with van der Waals surface area (Å²) in [5, 5.41) is 1.14. The molecular formula is C20H15NO3S. The Morgan fingerprint density at radius 3 is 2.68 bits per heavy atom. The fraction of sp³-hybridized carbons (Fsp3) is 0.100. The summed E-state index contributed by atoms with van der Waals surface area (Å²) in [6.07, 6.45) is 2.59. The van der Waals surface area contributed by atoms with Gasteiger partial charge in [0.1, 0.15) is 12.6 Å². The van der Waals surface area contributed by atoms with Crippen LogP contribution in [0.15, 0.2) is 66.7 Å². The molecule has 0 spiro atoms. The fourth-order valence-electron chi connectivity index (χ4n) is 2.90. The Kier molecular flexibility index (Phi) is 4.07. The van der Waals surface area contributed by atoms with Crippen LogP contribution in [0.4, 0.5) is 4.79 Å². The molecule has 1 fully saturated rings. The number of carbonyl (C=O) groups excluding carboxylic acids is 2. The molecule has 0 N–H and O–H groups in total. The number of hydrogen-bond donors (Lipinski definition) is 0. The van der Waals surface area contributed by atoms with Crippen LogP contribution in [0.3, 0.4) is 0 Å². The fourth-order valence-corrected chi connectivity index (χ4v) is 3.87. The topological polar surface area (TPSA) is 46.6 Å². The van der Waals surface area contributed by atoms with Crippen molar-refractivity contribution in [1.29, 1.82) is 0 Å². The SMILES string of the molecule is O=C(/C=C/c1cc2ccccc2s1)N1C(=O)OCC1c1ccccc1. The van der Waals surface area contributed by atoms with Crippen molar-refractivity contribution in [2.45, 2.75) is 6.04 Å². The molecule has 0 saturated carbocycles. The van der Waals surface area contributed by atoms with Crippen LogP contribution in [-0.4, -0.2) is 23.5 Å². The second-order valence-electron chi connectivity index (χ2n) is 5.73. The molecule has 0 aliphatic carbocycles. The monoisotopic (exact) mass is 349 g/mol. The van der Waals surface area contributed by atoms with Gasteiger partial charge in [-0.1, -0.05) is 48.5 Å². The highest BCUT2D eigenvalue weighted by atomic mass is 32.1. The number of thiophene rings is 1. The van der Waals surface area contributed by atoms with Crippen LogP contribution in [0.1, 0.15) is 16.5 Å². The summed E-state index contributed by atoms with van der Waals surface area (Å²) in [6.45, 7) is 0.186. The summed E-state index contributed by atoms with van der Waals surface area (Å²) >= 11 is 1.61. The number of imide groups is 1. The van der Waals surface area contributed by atoms with E-state index in [2.05, 4.69) is 0 Å². The van der Waals surface area contributed by atoms with E-state index in [9.17, 15) is 9.59 Å². The zero-order valence-electron chi connectivity index (χ0n) is 13.3. The van der Waals surface area contributed by atoms with E-state index in [-0.39, 0.29) is 18.6 Å². The van der Waals surface area contributed by atoms with Gasteiger partial charge in [0.15, 0.2) is 0 Å². The zero-order valence-corrected chi connectivity index (χ0v) is 14.1. The normalized spacial score (nSPS) is 17.4. The van der Waals surface area contributed by atoms with Gasteiger partial charge >= 0.3 is 6.09 Å². The average Bonchev–Trinajstić information content (AvgIpc) is 3.23. The second kappa shape index (κ2) is 6.53. The minimum absolute atomic E-state index is 0.186. The van der Waals surface area contributed by atoms with Gasteiger partial charge in [-0.05, 0) is 29.2 Å². The van der Waals surface area contributed by atoms with E-state index >= 15 is 0 Å². The van der Waals surface area contributed by atoms with E-state index in [0.717, 1.165) is 20.5 Å². The number of carbonyl (C=O) groups is 2. The number of rotatable bonds is 3. The third-order valence-corrected chi connectivity index (χ3v) is 5.21. The first-order valence-electron chi connectivity index (χ1n) is 7.94. The van der Waals surface area contributed by atoms with Crippen LogP contribution in [0, 0.1) is 0 Å². The van der Waals surface area contributed by atoms with E-state index < -0.39 is 6.09 Å². The van der Waals surface area contributed by atoms with E-state index in [1.54, 1.807) is 17.4 Å². The van der Waals surface area contributed by atoms with E-state index in [4.69, 9.17) is 4.74 Å². The van der Waals surface area contributed by atoms with Crippen molar-refractivity contribution in [3.8, 4) is 0 Å². The van der Waals surface area contributed by atoms with Gasteiger partial charge in [-0.3, -0.25) is 4.79 Å². The van der Waals surface area contributed by atoms with E-state index in [1.807, 2.05) is 60.7 Å². The summed E-state index contributed by atoms with van der Waals surface area (Å²) < 4.78 is 6.25. The maximum Gasteiger partial charge on any atom is 0.417 e. The molecule has 1 saturated heterocycles. The molecule has 124 valence electrons. The van der Waals surface area contributed by atoms with Crippen LogP contribution in [0.5, 0.6) is 0 Å². The van der Waals surface area contributed by atoms with Crippen molar-refractivity contribution < 1.29 is 14.3 Å². The van der Waals surface area contributed by atoms with Crippen molar-refractivity contribution in [3.05, 3.63) is 77.2 Å². The quantitative estimate of drug-likeness (QED) is 0.648. The molecule has 1 aliphatic heterocycles. The number of nitrogens with zero attached hydrogens (tertiary/aromatic N) is 1. The predicted octanol–water partition coefficient (Wildman–Crippen LogP) is 4.63. The Morgan fingerprint density at radius 1 is 1.12 bits per heavy atom. The Morgan fingerprint density at radius 2 is 1.88 bits per heavy atom. The van der Waals surface area contributed by atoms with Crippen molar-refractivity contribution in [1.82, 2.24) is 4.90 Å². The van der Waals surface area contributed by atoms with Crippen molar-refractivity contribution in [3.63, 3.8) is 0 Å². The van der Waals surface area contributed by atoms with Gasteiger partial charge < -0.3 is 4.74 Å². The number of hydrogen-bond acceptors (Lipinski definition) is 4. The van der Waals surface area contributed by atoms with Crippen LogP contribution in [-0.2, 0) is 9.53 Å². The molecule has 2 heterocycles. The first kappa shape index (κ1) is 15.6. The van der Waals surface area contributed by atoms with Crippen LogP contribution < -0.4 is 0 Å². The minimum atomic E-state index is -0.597. The highest BCUT2D eigenvalue weighted by molar-refractivity contribution is 7.19. The lowest BCUT2D eigenvalue weighted by atomic mass is 10.1. The van der Waals surface area contributed by atoms with E-state index in [1.165, 1.54) is 11.0 Å². The summed E-state index contributed by atoms with van der Waals surface area (Å²) in [4.78, 5) is 26.7. The number of fused-ring (bicyclic) bond motifs is 1. The molecule has 1 aromatic heterocycles. The lowest BCUT2D eigenvalue weighted by molar-refractivity contribution is -0.124. The second-order valence-corrected chi connectivity index (χ2v) is 6.85. The maximum absolute atomic E-state index is 12.6. The Hall–Kier alpha value is -2.92. The van der Waals surface area contributed by atoms with Crippen molar-refractivity contribution in [2.75, 3.05) is 6.61 Å². The summed E-state index contributed by atoms with van der Waals surface area (Å²) in [5.74, 6) is -0.367. The molecule has 3 aromatic rings. The molecule has 4 rings (SSSR count). The molecule has 2 amide bonds. The number of ether oxygens (including phenoxy) is 1. The highest BCUT2D eigenvalue weighted by Gasteiger charge is 2.37. The number of cyclic esters (lactones) is 1. The van der Waals surface area contributed by atoms with E-state index in [0.29, 0.717) is 0 Å². The van der Waals surface area contributed by atoms with Gasteiger partial charge in [0.05, 0.1) is 0 Å². The third kappa shape index (κ3) is 3.06. The first-order chi connectivity index (χ1) is 12.2. The Labute approximate surface area is 149 Å². The van der Waals surface area contributed by atoms with Crippen LogP contribution in [0.25, 0.3) is 16.2 Å². The standard InChI is InChI=1S/C20H15NO3S/c22-19(11-10-16-12-15-8-4-5-9-18(15)25-16)21-17(13-24-20(21)23)14-6-2-1-3-7-14/h1-12,17H,13H2/b11-10+. The molecule has 25 heavy (non-hydrogen) atoms. The van der Waals surface area contributed by atoms with Gasteiger partial charge in [-0.2, -0.15) is 0 Å². The van der Waals surface area contributed by atoms with Gasteiger partial charge in [-0.15, -0.1) is 11.3 Å². The Bertz CT molecular complexity index is 928. The molecule has 0 radical (unpaired) electrons. The summed E-state index contributed by atoms with van der Waals surface area (Å²) in [7, 11) is 0. The molecule has 1 unspecified atom stereocenters. The predicted molar refractivity (Wildman–Crippen MR) is 98.2 cm³/mol. The molecule has 2 aromatic carbocycles. The molecule has 1 aliphatic rings. The van der Waals surface area contributed by atoms with Gasteiger partial charge in [-0.25, -0.2) is 9.69 Å². The smallest absolute Gasteiger partial charge is 0.417 e. The molecule has 1 atom stereocenters. The lowest BCUT2D eigenvalue weighted by Crippen LogP contribution is -2.32. The molecule has 4 nitrogen and oxygen atoms in total. The largest absolute Gasteiger partial charge is 0.446 e. The number of amides is 2. The zero-order chi connectivity index (χ0) is 17.2. The van der Waals surface area contributed by atoms with Crippen molar-refractivity contribution in [2.24, 2.45) is 0 Å². The van der Waals surface area contributed by atoms with Crippen LogP contribution >= 0.6 is 11.3 Å². The van der Waals surface area contributed by atoms with Gasteiger partial charge in [0.2, 0.25) is 0 Å². The summed E-state index contributed by atoms with van der Waals surface area (Å²) in [6, 6.07) is 19.1. The van der Waals surface area contributed by atoms with Gasteiger partial charge in [0, 0.05) is 15.7 Å². The molecule has 0 bridgehead atoms. The summed E-state index contributed by atoms with van der Waals surface area (Å²) in [5.41, 5.74) is 0.886. The first-order valence-corrected chi connectivity index (χ1v) is 8.75. The van der Waals surface area contributed by atoms with Crippen LogP contribution in [0.2, 0.25) is 0 Å². The lowest BCUT2D eigenvalue weighted by Gasteiger charge is -2.18. The highest BCUT2D eigenvalue weighted by Crippen LogP contribution is 2.29. The third-order valence-electron chi connectivity index (χ3n) is 4.13.